The number of hydrogen-bond acceptors (Lipinski definition) is 6. The number of esters is 3. The van der Waals surface area contributed by atoms with Gasteiger partial charge in [-0.3, -0.25) is 14.4 Å². The van der Waals surface area contributed by atoms with E-state index in [0.717, 1.165) is 96.3 Å². The van der Waals surface area contributed by atoms with Crippen LogP contribution in [0.3, 0.4) is 0 Å². The van der Waals surface area contributed by atoms with Crippen molar-refractivity contribution in [2.75, 3.05) is 13.2 Å². The summed E-state index contributed by atoms with van der Waals surface area (Å²) < 4.78 is 16.9. The molecule has 0 aromatic rings. The van der Waals surface area contributed by atoms with Crippen molar-refractivity contribution in [1.29, 1.82) is 0 Å². The molecule has 0 saturated carbocycles. The zero-order valence-corrected chi connectivity index (χ0v) is 52.4. The van der Waals surface area contributed by atoms with Crippen LogP contribution in [0.4, 0.5) is 0 Å². The number of carbonyl (C=O) groups is 3. The molecule has 0 aliphatic heterocycles. The molecule has 0 amide bonds. The number of rotatable bonds is 62. The van der Waals surface area contributed by atoms with Crippen molar-refractivity contribution in [3.05, 3.63) is 85.1 Å². The van der Waals surface area contributed by atoms with Crippen molar-refractivity contribution in [2.24, 2.45) is 0 Å². The van der Waals surface area contributed by atoms with Crippen LogP contribution < -0.4 is 0 Å². The van der Waals surface area contributed by atoms with Crippen LogP contribution in [0.25, 0.3) is 0 Å². The lowest BCUT2D eigenvalue weighted by atomic mass is 10.0. The number of hydrogen-bond donors (Lipinski definition) is 0. The van der Waals surface area contributed by atoms with Crippen LogP contribution in [0.5, 0.6) is 0 Å². The average Bonchev–Trinajstić information content (AvgIpc) is 3.45. The molecule has 0 aliphatic rings. The van der Waals surface area contributed by atoms with E-state index in [1.54, 1.807) is 0 Å². The lowest BCUT2D eigenvalue weighted by Gasteiger charge is -2.18. The minimum atomic E-state index is -0.774. The Morgan fingerprint density at radius 2 is 0.494 bits per heavy atom. The van der Waals surface area contributed by atoms with Crippen LogP contribution in [-0.2, 0) is 28.6 Å². The van der Waals surface area contributed by atoms with Crippen molar-refractivity contribution in [3.63, 3.8) is 0 Å². The van der Waals surface area contributed by atoms with Gasteiger partial charge < -0.3 is 14.2 Å². The summed E-state index contributed by atoms with van der Waals surface area (Å²) in [6.07, 6.45) is 89.2. The first kappa shape index (κ1) is 75.6. The lowest BCUT2D eigenvalue weighted by Crippen LogP contribution is -2.30. The van der Waals surface area contributed by atoms with E-state index in [0.29, 0.717) is 19.3 Å². The summed E-state index contributed by atoms with van der Waals surface area (Å²) in [5, 5.41) is 0. The van der Waals surface area contributed by atoms with E-state index in [2.05, 4.69) is 106 Å². The Morgan fingerprint density at radius 1 is 0.266 bits per heavy atom. The second-order valence-electron chi connectivity index (χ2n) is 22.7. The molecule has 0 rings (SSSR count). The van der Waals surface area contributed by atoms with Gasteiger partial charge in [-0.15, -0.1) is 0 Å². The van der Waals surface area contributed by atoms with Gasteiger partial charge in [-0.25, -0.2) is 0 Å². The molecule has 0 fully saturated rings. The molecule has 6 heteroatoms. The molecular formula is C73H128O6. The van der Waals surface area contributed by atoms with E-state index in [1.165, 1.54) is 205 Å². The minimum Gasteiger partial charge on any atom is -0.462 e. The monoisotopic (exact) mass is 1100 g/mol. The summed E-state index contributed by atoms with van der Waals surface area (Å²) >= 11 is 0. The van der Waals surface area contributed by atoms with Crippen LogP contribution in [0.15, 0.2) is 85.1 Å². The van der Waals surface area contributed by atoms with Crippen LogP contribution in [0, 0.1) is 0 Å². The summed E-state index contributed by atoms with van der Waals surface area (Å²) in [7, 11) is 0. The van der Waals surface area contributed by atoms with Crippen molar-refractivity contribution >= 4 is 17.9 Å². The molecule has 6 nitrogen and oxygen atoms in total. The van der Waals surface area contributed by atoms with Gasteiger partial charge in [0, 0.05) is 19.3 Å². The smallest absolute Gasteiger partial charge is 0.306 e. The Morgan fingerprint density at radius 3 is 0.772 bits per heavy atom. The van der Waals surface area contributed by atoms with E-state index in [9.17, 15) is 14.4 Å². The zero-order valence-electron chi connectivity index (χ0n) is 52.4. The van der Waals surface area contributed by atoms with E-state index in [1.807, 2.05) is 0 Å². The standard InChI is InChI=1S/C73H128O6/c1-4-7-10-13-16-18-20-22-24-26-28-30-31-32-33-34-35-36-37-38-39-40-41-43-44-46-48-50-52-54-57-60-63-66-72(75)78-69-70(68-77-71(74)65-62-59-56-15-12-9-6-3)79-73(76)67-64-61-58-55-53-51-49-47-45-42-29-27-25-23-21-19-17-14-11-8-5-2/h7,10,16,18,21-24,27-30,32-33,70H,4-6,8-9,11-15,17,19-20,25-26,31,34-69H2,1-3H3/b10-7-,18-16-,23-21-,24-22-,29-27-,30-28-,33-32-. The number of allylic oxidation sites excluding steroid dienone is 14. The quantitative estimate of drug-likeness (QED) is 0.0261. The van der Waals surface area contributed by atoms with Gasteiger partial charge in [-0.05, 0) is 96.3 Å². The molecular weight excluding hydrogens is 973 g/mol. The SMILES string of the molecule is CC/C=C\C/C=C\C/C=C\C/C=C\C/C=C\CCCCCCCCCCCCCCCCCCCC(=O)OCC(COC(=O)CCCCCCCCC)OC(=O)CCCCCCCCCCC/C=C\C/C=C\CCCCCCC. The number of carbonyl (C=O) groups excluding carboxylic acids is 3. The van der Waals surface area contributed by atoms with Gasteiger partial charge in [-0.2, -0.15) is 0 Å². The van der Waals surface area contributed by atoms with E-state index >= 15 is 0 Å². The third kappa shape index (κ3) is 65.3. The van der Waals surface area contributed by atoms with E-state index in [-0.39, 0.29) is 31.1 Å². The molecule has 1 atom stereocenters. The molecule has 0 aliphatic carbocycles. The third-order valence-electron chi connectivity index (χ3n) is 14.9. The van der Waals surface area contributed by atoms with Gasteiger partial charge in [0.2, 0.25) is 0 Å². The second-order valence-corrected chi connectivity index (χ2v) is 22.7. The second kappa shape index (κ2) is 67.1. The predicted molar refractivity (Wildman–Crippen MR) is 344 cm³/mol. The highest BCUT2D eigenvalue weighted by molar-refractivity contribution is 5.71. The highest BCUT2D eigenvalue weighted by atomic mass is 16.6. The summed E-state index contributed by atoms with van der Waals surface area (Å²) in [5.41, 5.74) is 0. The fourth-order valence-corrected chi connectivity index (χ4v) is 9.80. The maximum atomic E-state index is 12.9. The third-order valence-corrected chi connectivity index (χ3v) is 14.9. The Balaban J connectivity index is 4.04. The molecule has 0 aromatic heterocycles. The van der Waals surface area contributed by atoms with Gasteiger partial charge in [0.25, 0.3) is 0 Å². The highest BCUT2D eigenvalue weighted by Crippen LogP contribution is 2.17. The molecule has 456 valence electrons. The van der Waals surface area contributed by atoms with Crippen LogP contribution in [0.1, 0.15) is 342 Å². The highest BCUT2D eigenvalue weighted by Gasteiger charge is 2.19. The van der Waals surface area contributed by atoms with Crippen LogP contribution >= 0.6 is 0 Å². The van der Waals surface area contributed by atoms with Gasteiger partial charge in [0.1, 0.15) is 13.2 Å². The molecule has 0 aromatic carbocycles. The van der Waals surface area contributed by atoms with Gasteiger partial charge in [0.15, 0.2) is 6.10 Å². The van der Waals surface area contributed by atoms with Crippen molar-refractivity contribution < 1.29 is 28.6 Å². The molecule has 0 radical (unpaired) electrons. The summed E-state index contributed by atoms with van der Waals surface area (Å²) in [4.78, 5) is 38.1. The zero-order chi connectivity index (χ0) is 57.1. The normalized spacial score (nSPS) is 12.6. The first-order valence-electron chi connectivity index (χ1n) is 34.1. The fraction of sp³-hybridized carbons (Fsp3) is 0.767. The predicted octanol–water partition coefficient (Wildman–Crippen LogP) is 23.4. The average molecular weight is 1100 g/mol. The molecule has 0 saturated heterocycles. The van der Waals surface area contributed by atoms with Crippen LogP contribution in [0.2, 0.25) is 0 Å². The first-order chi connectivity index (χ1) is 39.0. The van der Waals surface area contributed by atoms with E-state index < -0.39 is 6.10 Å². The van der Waals surface area contributed by atoms with Gasteiger partial charge in [0.05, 0.1) is 0 Å². The van der Waals surface area contributed by atoms with Gasteiger partial charge >= 0.3 is 17.9 Å². The lowest BCUT2D eigenvalue weighted by molar-refractivity contribution is -0.167. The Labute approximate surface area is 490 Å². The molecule has 1 unspecified atom stereocenters. The minimum absolute atomic E-state index is 0.0737. The topological polar surface area (TPSA) is 78.9 Å². The van der Waals surface area contributed by atoms with E-state index in [4.69, 9.17) is 14.2 Å². The molecule has 0 spiro atoms. The summed E-state index contributed by atoms with van der Waals surface area (Å²) in [5.74, 6) is -0.869. The van der Waals surface area contributed by atoms with Crippen LogP contribution in [-0.4, -0.2) is 37.2 Å². The van der Waals surface area contributed by atoms with Crippen molar-refractivity contribution in [1.82, 2.24) is 0 Å². The molecule has 0 heterocycles. The Kier molecular flexibility index (Phi) is 64.2. The maximum Gasteiger partial charge on any atom is 0.306 e. The fourth-order valence-electron chi connectivity index (χ4n) is 9.80. The first-order valence-corrected chi connectivity index (χ1v) is 34.1. The summed E-state index contributed by atoms with van der Waals surface area (Å²) in [6.45, 7) is 6.51. The maximum absolute atomic E-state index is 12.9. The number of ether oxygens (including phenoxy) is 3. The molecule has 0 N–H and O–H groups in total. The summed E-state index contributed by atoms with van der Waals surface area (Å²) in [6, 6.07) is 0. The largest absolute Gasteiger partial charge is 0.462 e. The molecule has 0 bridgehead atoms. The molecule has 79 heavy (non-hydrogen) atoms. The van der Waals surface area contributed by atoms with Crippen molar-refractivity contribution in [2.45, 2.75) is 348 Å². The van der Waals surface area contributed by atoms with Gasteiger partial charge in [-0.1, -0.05) is 311 Å². The number of unbranched alkanes of at least 4 members (excludes halogenated alkanes) is 37. The Hall–Kier alpha value is -3.41. The Bertz CT molecular complexity index is 1500. The van der Waals surface area contributed by atoms with Crippen molar-refractivity contribution in [3.8, 4) is 0 Å².